The van der Waals surface area contributed by atoms with Crippen molar-refractivity contribution in [2.75, 3.05) is 0 Å². The highest BCUT2D eigenvalue weighted by Gasteiger charge is 2.21. The van der Waals surface area contributed by atoms with Crippen LogP contribution in [0.1, 0.15) is 48.1 Å². The molecule has 1 atom stereocenters. The van der Waals surface area contributed by atoms with Gasteiger partial charge in [0.25, 0.3) is 0 Å². The molecule has 1 aliphatic heterocycles. The van der Waals surface area contributed by atoms with Crippen molar-refractivity contribution >= 4 is 16.9 Å². The topological polar surface area (TPSA) is 25.2 Å². The lowest BCUT2D eigenvalue weighted by atomic mass is 9.88. The number of pyridine rings is 1. The van der Waals surface area contributed by atoms with Gasteiger partial charge < -0.3 is 0 Å². The first kappa shape index (κ1) is 42.2. The largest absolute Gasteiger partial charge is 0.276 e. The van der Waals surface area contributed by atoms with Gasteiger partial charge in [-0.3, -0.25) is 4.99 Å². The van der Waals surface area contributed by atoms with E-state index in [0.29, 0.717) is 0 Å². The maximum absolute atomic E-state index is 5.31. The summed E-state index contributed by atoms with van der Waals surface area (Å²) in [5.74, 6) is 0. The summed E-state index contributed by atoms with van der Waals surface area (Å²) in [6.45, 7) is 19.4. The van der Waals surface area contributed by atoms with E-state index in [1.165, 1.54) is 27.8 Å². The van der Waals surface area contributed by atoms with E-state index in [-0.39, 0.29) is 6.04 Å². The Bertz CT molecular complexity index is 2590. The minimum atomic E-state index is 0.00463. The first-order valence-corrected chi connectivity index (χ1v) is 20.4. The highest BCUT2D eigenvalue weighted by atomic mass is 14.8. The van der Waals surface area contributed by atoms with Crippen molar-refractivity contribution in [3.05, 3.63) is 261 Å². The molecule has 2 heteroatoms. The van der Waals surface area contributed by atoms with Gasteiger partial charge in [0.1, 0.15) is 0 Å². The quantitative estimate of drug-likeness (QED) is 0.0949. The molecule has 6 aromatic carbocycles. The molecule has 8 rings (SSSR count). The Balaban J connectivity index is 0.000000951. The maximum atomic E-state index is 5.31. The van der Waals surface area contributed by atoms with E-state index >= 15 is 0 Å². The van der Waals surface area contributed by atoms with Crippen LogP contribution >= 0.6 is 0 Å². The Morgan fingerprint density at radius 2 is 1.05 bits per heavy atom. The van der Waals surface area contributed by atoms with Crippen molar-refractivity contribution in [2.24, 2.45) is 4.99 Å². The van der Waals surface area contributed by atoms with Crippen molar-refractivity contribution in [3.63, 3.8) is 0 Å². The van der Waals surface area contributed by atoms with Crippen LogP contribution in [0.25, 0.3) is 55.9 Å². The second kappa shape index (κ2) is 21.4. The standard InChI is InChI=1S/C52H40N2.C4H8.C2H4/c1-3-15-37(4-2)39-24-28-43(29-25-39)51-35-47(33-49(53-51)41-18-10-6-11-19-41)45-22-14-23-46(32-45)48-34-50(42-20-12-7-13-21-42)54-52(36-48)44-30-26-40(27-31-44)38-16-8-5-9-17-38;1-3-4-2;1-2/h3-32,34-36,49H,1-2,33H2;3H,1,4H2,2H3;1-2H2/b37-15+;;. The minimum Gasteiger partial charge on any atom is -0.276 e. The number of rotatable bonds is 11. The van der Waals surface area contributed by atoms with Gasteiger partial charge in [-0.25, -0.2) is 4.98 Å². The molecule has 0 amide bonds. The van der Waals surface area contributed by atoms with Gasteiger partial charge in [-0.1, -0.05) is 202 Å². The fourth-order valence-corrected chi connectivity index (χ4v) is 7.12. The van der Waals surface area contributed by atoms with E-state index in [1.54, 1.807) is 6.08 Å². The number of aromatic nitrogens is 1. The molecule has 0 radical (unpaired) electrons. The zero-order valence-electron chi connectivity index (χ0n) is 34.6. The SMILES string of the molecule is C=C.C=C/C=C(\C=C)c1ccc(C2=NC(c3ccccc3)CC(c3cccc(-c4cc(-c5ccccc5)nc(-c5ccc(-c6ccccc6)cc5)c4)c3)=C2)cc1.C=CCC. The van der Waals surface area contributed by atoms with Crippen molar-refractivity contribution < 1.29 is 0 Å². The van der Waals surface area contributed by atoms with Crippen LogP contribution in [-0.4, -0.2) is 10.7 Å². The summed E-state index contributed by atoms with van der Waals surface area (Å²) < 4.78 is 0. The molecular weight excluding hydrogens is 725 g/mol. The number of dihydropyridines is 1. The lowest BCUT2D eigenvalue weighted by Gasteiger charge is -2.23. The molecule has 7 aromatic rings. The number of hydrogen-bond donors (Lipinski definition) is 0. The van der Waals surface area contributed by atoms with Crippen molar-refractivity contribution in [1.82, 2.24) is 4.98 Å². The van der Waals surface area contributed by atoms with Crippen LogP contribution in [0.4, 0.5) is 0 Å². The number of hydrogen-bond acceptors (Lipinski definition) is 2. The first-order valence-electron chi connectivity index (χ1n) is 20.4. The molecular formula is C58H52N2. The van der Waals surface area contributed by atoms with Crippen LogP contribution in [0.15, 0.2) is 244 Å². The van der Waals surface area contributed by atoms with Crippen molar-refractivity contribution in [1.29, 1.82) is 0 Å². The van der Waals surface area contributed by atoms with E-state index in [0.717, 1.165) is 68.9 Å². The summed E-state index contributed by atoms with van der Waals surface area (Å²) in [7, 11) is 0. The van der Waals surface area contributed by atoms with E-state index < -0.39 is 0 Å². The Morgan fingerprint density at radius 3 is 1.63 bits per heavy atom. The van der Waals surface area contributed by atoms with E-state index in [1.807, 2.05) is 30.4 Å². The molecule has 0 fully saturated rings. The average Bonchev–Trinajstić information content (AvgIpc) is 3.34. The molecule has 1 aromatic heterocycles. The van der Waals surface area contributed by atoms with E-state index in [4.69, 9.17) is 9.98 Å². The summed E-state index contributed by atoms with van der Waals surface area (Å²) in [5, 5.41) is 0. The zero-order valence-corrected chi connectivity index (χ0v) is 34.6. The van der Waals surface area contributed by atoms with Crippen LogP contribution < -0.4 is 0 Å². The zero-order chi connectivity index (χ0) is 42.1. The van der Waals surface area contributed by atoms with Crippen LogP contribution in [-0.2, 0) is 0 Å². The molecule has 2 heterocycles. The van der Waals surface area contributed by atoms with Gasteiger partial charge in [0.15, 0.2) is 0 Å². The molecule has 60 heavy (non-hydrogen) atoms. The summed E-state index contributed by atoms with van der Waals surface area (Å²) in [4.78, 5) is 10.5. The number of allylic oxidation sites excluding steroid dienone is 6. The second-order valence-corrected chi connectivity index (χ2v) is 14.2. The first-order chi connectivity index (χ1) is 29.6. The molecule has 0 N–H and O–H groups in total. The van der Waals surface area contributed by atoms with Gasteiger partial charge in [0.05, 0.1) is 23.1 Å². The number of benzene rings is 6. The lowest BCUT2D eigenvalue weighted by molar-refractivity contribution is 0.748. The molecule has 0 saturated heterocycles. The van der Waals surface area contributed by atoms with Gasteiger partial charge >= 0.3 is 0 Å². The monoisotopic (exact) mass is 776 g/mol. The fraction of sp³-hybridized carbons (Fsp3) is 0.0690. The molecule has 1 unspecified atom stereocenters. The molecule has 0 spiro atoms. The Hall–Kier alpha value is -7.42. The smallest absolute Gasteiger partial charge is 0.0796 e. The molecule has 0 aliphatic carbocycles. The van der Waals surface area contributed by atoms with Gasteiger partial charge in [-0.05, 0) is 92.8 Å². The fourth-order valence-electron chi connectivity index (χ4n) is 7.12. The van der Waals surface area contributed by atoms with E-state index in [2.05, 4.69) is 210 Å². The average molecular weight is 777 g/mol. The second-order valence-electron chi connectivity index (χ2n) is 14.2. The molecule has 2 nitrogen and oxygen atoms in total. The third-order valence-electron chi connectivity index (χ3n) is 10.3. The van der Waals surface area contributed by atoms with Crippen LogP contribution in [0.2, 0.25) is 0 Å². The number of aliphatic imine (C=N–C) groups is 1. The molecule has 0 saturated carbocycles. The van der Waals surface area contributed by atoms with Gasteiger partial charge in [0, 0.05) is 11.1 Å². The Kier molecular flexibility index (Phi) is 15.0. The van der Waals surface area contributed by atoms with Crippen molar-refractivity contribution in [3.8, 4) is 44.8 Å². The molecule has 1 aliphatic rings. The van der Waals surface area contributed by atoms with Gasteiger partial charge in [-0.15, -0.1) is 19.7 Å². The van der Waals surface area contributed by atoms with Gasteiger partial charge in [-0.2, -0.15) is 0 Å². The minimum absolute atomic E-state index is 0.00463. The normalized spacial score (nSPS) is 13.2. The van der Waals surface area contributed by atoms with Crippen molar-refractivity contribution in [2.45, 2.75) is 25.8 Å². The Labute approximate surface area is 357 Å². The highest BCUT2D eigenvalue weighted by Crippen LogP contribution is 2.38. The van der Waals surface area contributed by atoms with E-state index in [9.17, 15) is 0 Å². The summed E-state index contributed by atoms with van der Waals surface area (Å²) >= 11 is 0. The summed E-state index contributed by atoms with van der Waals surface area (Å²) in [6, 6.07) is 62.2. The third-order valence-corrected chi connectivity index (χ3v) is 10.3. The number of nitrogens with zero attached hydrogens (tertiary/aromatic N) is 2. The van der Waals surface area contributed by atoms with Gasteiger partial charge in [0.2, 0.25) is 0 Å². The third kappa shape index (κ3) is 10.5. The predicted molar refractivity (Wildman–Crippen MR) is 261 cm³/mol. The maximum Gasteiger partial charge on any atom is 0.0796 e. The van der Waals surface area contributed by atoms with Crippen LogP contribution in [0.3, 0.4) is 0 Å². The summed E-state index contributed by atoms with van der Waals surface area (Å²) in [6.07, 6.45) is 11.7. The van der Waals surface area contributed by atoms with Crippen LogP contribution in [0, 0.1) is 0 Å². The lowest BCUT2D eigenvalue weighted by Crippen LogP contribution is -2.10. The molecule has 294 valence electrons. The van der Waals surface area contributed by atoms with Crippen LogP contribution in [0.5, 0.6) is 0 Å². The predicted octanol–water partition coefficient (Wildman–Crippen LogP) is 15.9. The highest BCUT2D eigenvalue weighted by molar-refractivity contribution is 6.13. The summed E-state index contributed by atoms with van der Waals surface area (Å²) in [5.41, 5.74) is 16.6. The molecule has 0 bridgehead atoms. The Morgan fingerprint density at radius 1 is 0.550 bits per heavy atom.